The highest BCUT2D eigenvalue weighted by Gasteiger charge is 1.98. The second-order valence-corrected chi connectivity index (χ2v) is 14.1. The monoisotopic (exact) mass is 621 g/mol. The van der Waals surface area contributed by atoms with Crippen molar-refractivity contribution < 1.29 is 0 Å². The zero-order valence-electron chi connectivity index (χ0n) is 32.3. The second kappa shape index (κ2) is 47.4. The van der Waals surface area contributed by atoms with Crippen molar-refractivity contribution in [3.05, 3.63) is 0 Å². The summed E-state index contributed by atoms with van der Waals surface area (Å²) in [6.07, 6.45) is 60.0. The minimum atomic E-state index is 1.50. The molecule has 0 aromatic rings. The Morgan fingerprint density at radius 2 is 0.114 bits per heavy atom. The summed E-state index contributed by atoms with van der Waals surface area (Å²) in [6, 6.07) is 0. The summed E-state index contributed by atoms with van der Waals surface area (Å²) in [6.45, 7) is 8.00. The Labute approximate surface area is 283 Å². The van der Waals surface area contributed by atoms with Gasteiger partial charge in [-0.2, -0.15) is 0 Å². The molecule has 0 heteroatoms. The van der Waals surface area contributed by atoms with Crippen LogP contribution in [0.4, 0.5) is 0 Å². The quantitative estimate of drug-likeness (QED) is 0.253. The van der Waals surface area contributed by atoms with Crippen LogP contribution in [0.2, 0.25) is 0 Å². The van der Waals surface area contributed by atoms with E-state index in [1.54, 1.807) is 0 Å². The highest BCUT2D eigenvalue weighted by Crippen LogP contribution is 2.18. The van der Waals surface area contributed by atoms with Gasteiger partial charge >= 0.3 is 0 Å². The lowest BCUT2D eigenvalue weighted by atomic mass is 10.0. The van der Waals surface area contributed by atoms with E-state index in [-0.39, 0.29) is 0 Å². The fourth-order valence-electron chi connectivity index (χ4n) is 2.50. The fourth-order valence-corrected chi connectivity index (χ4v) is 2.50. The van der Waals surface area contributed by atoms with Crippen LogP contribution in [0.25, 0.3) is 0 Å². The third-order valence-corrected chi connectivity index (χ3v) is 10.00. The Bertz CT molecular complexity index is 213. The molecule has 0 aromatic heterocycles. The van der Waals surface area contributed by atoms with Crippen molar-refractivity contribution >= 4 is 0 Å². The van der Waals surface area contributed by atoms with Gasteiger partial charge < -0.3 is 0 Å². The first-order valence-electron chi connectivity index (χ1n) is 22.0. The zero-order valence-corrected chi connectivity index (χ0v) is 32.3. The minimum Gasteiger partial charge on any atom is -0.0683 e. The molecule has 0 spiro atoms. The maximum atomic E-state index is 2.00. The molecule has 0 heterocycles. The molecule has 0 unspecified atom stereocenters. The molecule has 268 valence electrons. The van der Waals surface area contributed by atoms with Gasteiger partial charge in [0.05, 0.1) is 0 Å². The topological polar surface area (TPSA) is 0 Å². The molecule has 0 N–H and O–H groups in total. The first-order valence-corrected chi connectivity index (χ1v) is 22.0. The van der Waals surface area contributed by atoms with Crippen LogP contribution in [-0.2, 0) is 0 Å². The smallest absolute Gasteiger partial charge is 0.0533 e. The number of hydrogen-bond donors (Lipinski definition) is 0. The van der Waals surface area contributed by atoms with E-state index in [0.29, 0.717) is 0 Å². The van der Waals surface area contributed by atoms with Crippen molar-refractivity contribution in [3.63, 3.8) is 0 Å². The van der Waals surface area contributed by atoms with E-state index in [1.807, 2.05) is 27.7 Å². The molecule has 10 fully saturated rings. The molecule has 0 atom stereocenters. The van der Waals surface area contributed by atoms with E-state index in [0.717, 1.165) is 0 Å². The van der Waals surface area contributed by atoms with Gasteiger partial charge in [0, 0.05) is 0 Å². The standard InChI is InChI=1S/10C4H8.2C2H6/c10*1-2-4-3-1;2*1-2/h10*1-4H2;2*1-2H3. The van der Waals surface area contributed by atoms with E-state index in [2.05, 4.69) is 0 Å². The maximum Gasteiger partial charge on any atom is -0.0533 e. The molecule has 0 bridgehead atoms. The van der Waals surface area contributed by atoms with Gasteiger partial charge in [-0.25, -0.2) is 0 Å². The summed E-state index contributed by atoms with van der Waals surface area (Å²) in [5.41, 5.74) is 0. The normalized spacial score (nSPS) is 22.1. The van der Waals surface area contributed by atoms with Crippen LogP contribution in [0.1, 0.15) is 285 Å². The Balaban J connectivity index is 0. The van der Waals surface area contributed by atoms with Crippen LogP contribution in [0.5, 0.6) is 0 Å². The summed E-state index contributed by atoms with van der Waals surface area (Å²) in [5, 5.41) is 0. The minimum absolute atomic E-state index is 1.50. The van der Waals surface area contributed by atoms with Crippen LogP contribution < -0.4 is 0 Å². The molecular weight excluding hydrogens is 528 g/mol. The van der Waals surface area contributed by atoms with Gasteiger partial charge in [-0.05, 0) is 0 Å². The van der Waals surface area contributed by atoms with Gasteiger partial charge in [-0.15, -0.1) is 0 Å². The van der Waals surface area contributed by atoms with E-state index >= 15 is 0 Å². The Kier molecular flexibility index (Phi) is 49.7. The van der Waals surface area contributed by atoms with Crippen molar-refractivity contribution in [1.29, 1.82) is 0 Å². The van der Waals surface area contributed by atoms with Crippen molar-refractivity contribution in [2.75, 3.05) is 0 Å². The first-order chi connectivity index (χ1) is 22.0. The van der Waals surface area contributed by atoms with Gasteiger partial charge in [-0.3, -0.25) is 0 Å². The van der Waals surface area contributed by atoms with Crippen molar-refractivity contribution in [1.82, 2.24) is 0 Å². The summed E-state index contributed by atoms with van der Waals surface area (Å²) < 4.78 is 0. The lowest BCUT2D eigenvalue weighted by molar-refractivity contribution is 0.504. The molecule has 10 aliphatic carbocycles. The summed E-state index contributed by atoms with van der Waals surface area (Å²) in [5.74, 6) is 0. The van der Waals surface area contributed by atoms with Gasteiger partial charge in [0.25, 0.3) is 0 Å². The molecule has 10 saturated carbocycles. The van der Waals surface area contributed by atoms with Gasteiger partial charge in [0.2, 0.25) is 0 Å². The number of hydrogen-bond acceptors (Lipinski definition) is 0. The summed E-state index contributed by atoms with van der Waals surface area (Å²) >= 11 is 0. The van der Waals surface area contributed by atoms with Crippen LogP contribution in [0.15, 0.2) is 0 Å². The van der Waals surface area contributed by atoms with Crippen LogP contribution in [0, 0.1) is 0 Å². The van der Waals surface area contributed by atoms with Crippen molar-refractivity contribution in [2.24, 2.45) is 0 Å². The SMILES string of the molecule is C1CCC1.C1CCC1.C1CCC1.C1CCC1.C1CCC1.C1CCC1.C1CCC1.C1CCC1.C1CCC1.C1CCC1.CC.CC. The highest BCUT2D eigenvalue weighted by atomic mass is 14.0. The predicted octanol–water partition coefficient (Wildman–Crippen LogP) is 17.7. The van der Waals surface area contributed by atoms with Crippen LogP contribution in [0.3, 0.4) is 0 Å². The van der Waals surface area contributed by atoms with E-state index in [9.17, 15) is 0 Å². The largest absolute Gasteiger partial charge is 0.0683 e. The average molecular weight is 621 g/mol. The van der Waals surface area contributed by atoms with Crippen molar-refractivity contribution in [3.8, 4) is 0 Å². The van der Waals surface area contributed by atoms with E-state index in [4.69, 9.17) is 0 Å². The Morgan fingerprint density at radius 3 is 0.114 bits per heavy atom. The van der Waals surface area contributed by atoms with Crippen LogP contribution in [-0.4, -0.2) is 0 Å². The third kappa shape index (κ3) is 44.1. The van der Waals surface area contributed by atoms with Gasteiger partial charge in [-0.1, -0.05) is 285 Å². The molecule has 0 aromatic carbocycles. The summed E-state index contributed by atoms with van der Waals surface area (Å²) in [4.78, 5) is 0. The molecule has 0 amide bonds. The Hall–Kier alpha value is 0. The lowest BCUT2D eigenvalue weighted by Gasteiger charge is -2.05. The van der Waals surface area contributed by atoms with E-state index in [1.165, 1.54) is 257 Å². The van der Waals surface area contributed by atoms with Crippen molar-refractivity contribution in [2.45, 2.75) is 285 Å². The fraction of sp³-hybridized carbons (Fsp3) is 1.00. The van der Waals surface area contributed by atoms with Crippen LogP contribution >= 0.6 is 0 Å². The first kappa shape index (κ1) is 46.1. The van der Waals surface area contributed by atoms with Gasteiger partial charge in [0.15, 0.2) is 0 Å². The molecule has 0 saturated heterocycles. The Morgan fingerprint density at radius 1 is 0.0909 bits per heavy atom. The number of rotatable bonds is 0. The third-order valence-electron chi connectivity index (χ3n) is 10.00. The van der Waals surface area contributed by atoms with Gasteiger partial charge in [0.1, 0.15) is 0 Å². The highest BCUT2D eigenvalue weighted by molar-refractivity contribution is 4.54. The second-order valence-electron chi connectivity index (χ2n) is 14.1. The molecule has 10 rings (SSSR count). The summed E-state index contributed by atoms with van der Waals surface area (Å²) in [7, 11) is 0. The lowest BCUT2D eigenvalue weighted by Crippen LogP contribution is -1.85. The maximum absolute atomic E-state index is 2.00. The molecule has 10 aliphatic rings. The molecular formula is C44H92. The predicted molar refractivity (Wildman–Crippen MR) is 207 cm³/mol. The zero-order chi connectivity index (χ0) is 32.3. The molecule has 0 nitrogen and oxygen atoms in total. The molecule has 0 radical (unpaired) electrons. The van der Waals surface area contributed by atoms with E-state index < -0.39 is 0 Å². The molecule has 44 heavy (non-hydrogen) atoms. The molecule has 0 aliphatic heterocycles. The average Bonchev–Trinajstić information content (AvgIpc) is 2.56.